The molecule has 2 heterocycles. The van der Waals surface area contributed by atoms with E-state index < -0.39 is 6.03 Å². The molecule has 0 fully saturated rings. The quantitative estimate of drug-likeness (QED) is 0.739. The minimum atomic E-state index is -0.475. The number of nitrogens with zero attached hydrogens (tertiary/aromatic N) is 4. The van der Waals surface area contributed by atoms with Crippen molar-refractivity contribution in [3.63, 3.8) is 0 Å². The summed E-state index contributed by atoms with van der Waals surface area (Å²) in [5, 5.41) is 9.43. The van der Waals surface area contributed by atoms with Crippen molar-refractivity contribution in [3.8, 4) is 17.3 Å². The fraction of sp³-hybridized carbons (Fsp3) is 0.125. The van der Waals surface area contributed by atoms with Gasteiger partial charge in [-0.2, -0.15) is 5.10 Å². The minimum absolute atomic E-state index is 0.333. The van der Waals surface area contributed by atoms with Gasteiger partial charge in [-0.3, -0.25) is 5.32 Å². The van der Waals surface area contributed by atoms with E-state index in [1.54, 1.807) is 47.4 Å². The molecule has 0 radical (unpaired) electrons. The summed E-state index contributed by atoms with van der Waals surface area (Å²) in [7, 11) is 3.03. The second-order valence-electron chi connectivity index (χ2n) is 4.83. The van der Waals surface area contributed by atoms with Gasteiger partial charge in [0.25, 0.3) is 0 Å². The topological polar surface area (TPSA) is 103 Å². The van der Waals surface area contributed by atoms with E-state index in [1.807, 2.05) is 0 Å². The van der Waals surface area contributed by atoms with Crippen molar-refractivity contribution in [2.75, 3.05) is 24.9 Å². The third-order valence-corrected chi connectivity index (χ3v) is 3.28. The molecule has 0 aliphatic rings. The zero-order chi connectivity index (χ0) is 17.6. The monoisotopic (exact) mass is 340 g/mol. The van der Waals surface area contributed by atoms with Crippen LogP contribution in [0.25, 0.3) is 5.82 Å². The maximum absolute atomic E-state index is 12.2. The molecule has 9 heteroatoms. The zero-order valence-corrected chi connectivity index (χ0v) is 13.6. The van der Waals surface area contributed by atoms with Gasteiger partial charge in [0.05, 0.1) is 19.9 Å². The largest absolute Gasteiger partial charge is 0.493 e. The van der Waals surface area contributed by atoms with Gasteiger partial charge in [0.2, 0.25) is 0 Å². The smallest absolute Gasteiger partial charge is 0.324 e. The number of para-hydroxylation sites is 1. The zero-order valence-electron chi connectivity index (χ0n) is 13.6. The molecular weight excluding hydrogens is 324 g/mol. The summed E-state index contributed by atoms with van der Waals surface area (Å²) in [5.41, 5.74) is 0.473. The van der Waals surface area contributed by atoms with Gasteiger partial charge in [0.15, 0.2) is 17.3 Å². The van der Waals surface area contributed by atoms with E-state index in [1.165, 1.54) is 20.5 Å². The number of nitrogens with one attached hydrogen (secondary N) is 2. The summed E-state index contributed by atoms with van der Waals surface area (Å²) in [6, 6.07) is 8.10. The fourth-order valence-corrected chi connectivity index (χ4v) is 2.20. The normalized spacial score (nSPS) is 10.2. The highest BCUT2D eigenvalue weighted by atomic mass is 16.5. The maximum Gasteiger partial charge on any atom is 0.324 e. The molecule has 0 atom stereocenters. The van der Waals surface area contributed by atoms with Crippen molar-refractivity contribution >= 4 is 17.5 Å². The first-order chi connectivity index (χ1) is 12.2. The van der Waals surface area contributed by atoms with E-state index in [0.29, 0.717) is 28.8 Å². The molecule has 0 saturated carbocycles. The maximum atomic E-state index is 12.2. The summed E-state index contributed by atoms with van der Waals surface area (Å²) >= 11 is 0. The van der Waals surface area contributed by atoms with Crippen molar-refractivity contribution in [1.29, 1.82) is 0 Å². The molecule has 0 spiro atoms. The van der Waals surface area contributed by atoms with Crippen LogP contribution in [-0.4, -0.2) is 40.0 Å². The number of aromatic nitrogens is 4. The Labute approximate surface area is 143 Å². The van der Waals surface area contributed by atoms with Gasteiger partial charge in [-0.25, -0.2) is 19.4 Å². The lowest BCUT2D eigenvalue weighted by Crippen LogP contribution is -2.21. The van der Waals surface area contributed by atoms with Crippen LogP contribution in [0.3, 0.4) is 0 Å². The minimum Gasteiger partial charge on any atom is -0.493 e. The second-order valence-corrected chi connectivity index (χ2v) is 4.83. The Hall–Kier alpha value is -3.62. The van der Waals surface area contributed by atoms with E-state index in [0.717, 1.165) is 0 Å². The molecule has 2 aromatic heterocycles. The summed E-state index contributed by atoms with van der Waals surface area (Å²) < 4.78 is 12.1. The average molecular weight is 340 g/mol. The van der Waals surface area contributed by atoms with Gasteiger partial charge in [-0.1, -0.05) is 6.07 Å². The molecule has 1 aromatic carbocycles. The van der Waals surface area contributed by atoms with Crippen LogP contribution in [0.15, 0.2) is 49.1 Å². The predicted molar refractivity (Wildman–Crippen MR) is 91.3 cm³/mol. The van der Waals surface area contributed by atoms with Crippen LogP contribution in [0.5, 0.6) is 11.5 Å². The number of carbonyl (C=O) groups is 1. The third-order valence-electron chi connectivity index (χ3n) is 3.28. The Balaban J connectivity index is 1.74. The Kier molecular flexibility index (Phi) is 4.74. The first-order valence-electron chi connectivity index (χ1n) is 7.32. The van der Waals surface area contributed by atoms with Crippen LogP contribution in [0.2, 0.25) is 0 Å². The Morgan fingerprint density at radius 3 is 2.72 bits per heavy atom. The molecule has 3 rings (SSSR count). The molecule has 0 aliphatic carbocycles. The molecule has 0 saturated heterocycles. The van der Waals surface area contributed by atoms with Crippen molar-refractivity contribution in [3.05, 3.63) is 49.1 Å². The Bertz CT molecular complexity index is 866. The molecule has 0 unspecified atom stereocenters. The summed E-state index contributed by atoms with van der Waals surface area (Å²) in [6.45, 7) is 0. The van der Waals surface area contributed by atoms with Crippen LogP contribution in [0, 0.1) is 0 Å². The highest BCUT2D eigenvalue weighted by Gasteiger charge is 2.13. The van der Waals surface area contributed by atoms with Crippen molar-refractivity contribution in [2.45, 2.75) is 0 Å². The molecule has 9 nitrogen and oxygen atoms in total. The molecule has 25 heavy (non-hydrogen) atoms. The third kappa shape index (κ3) is 3.66. The molecule has 0 bridgehead atoms. The number of benzene rings is 1. The highest BCUT2D eigenvalue weighted by Crippen LogP contribution is 2.34. The lowest BCUT2D eigenvalue weighted by molar-refractivity contribution is 0.262. The van der Waals surface area contributed by atoms with Gasteiger partial charge < -0.3 is 14.8 Å². The van der Waals surface area contributed by atoms with Crippen molar-refractivity contribution < 1.29 is 14.3 Å². The van der Waals surface area contributed by atoms with Gasteiger partial charge >= 0.3 is 6.03 Å². The van der Waals surface area contributed by atoms with Gasteiger partial charge in [-0.15, -0.1) is 0 Å². The molecule has 3 aromatic rings. The van der Waals surface area contributed by atoms with Gasteiger partial charge in [-0.05, 0) is 18.2 Å². The first-order valence-corrected chi connectivity index (χ1v) is 7.32. The lowest BCUT2D eigenvalue weighted by atomic mass is 10.2. The number of carbonyl (C=O) groups excluding carboxylic acids is 1. The standard InChI is InChI=1S/C16H16N6O3/c1-24-12-6-3-5-11(15(12)25-2)20-16(23)21-13-9-14(18-10-17-13)22-8-4-7-19-22/h3-10H,1-2H3,(H2,17,18,20,21,23). The van der Waals surface area contributed by atoms with Crippen LogP contribution in [0.4, 0.5) is 16.3 Å². The molecule has 0 aliphatic heterocycles. The van der Waals surface area contributed by atoms with Crippen LogP contribution >= 0.6 is 0 Å². The molecule has 128 valence electrons. The summed E-state index contributed by atoms with van der Waals surface area (Å²) in [6.07, 6.45) is 4.73. The fourth-order valence-electron chi connectivity index (χ4n) is 2.20. The number of anilines is 2. The number of ether oxygens (including phenoxy) is 2. The summed E-state index contributed by atoms with van der Waals surface area (Å²) in [5.74, 6) is 1.82. The van der Waals surface area contributed by atoms with Crippen molar-refractivity contribution in [2.24, 2.45) is 0 Å². The van der Waals surface area contributed by atoms with E-state index in [9.17, 15) is 4.79 Å². The predicted octanol–water partition coefficient (Wildman–Crippen LogP) is 2.32. The molecular formula is C16H16N6O3. The van der Waals surface area contributed by atoms with E-state index in [2.05, 4.69) is 25.7 Å². The van der Waals surface area contributed by atoms with Crippen molar-refractivity contribution in [1.82, 2.24) is 19.7 Å². The van der Waals surface area contributed by atoms with E-state index >= 15 is 0 Å². The number of hydrogen-bond acceptors (Lipinski definition) is 6. The van der Waals surface area contributed by atoms with Gasteiger partial charge in [0, 0.05) is 18.5 Å². The lowest BCUT2D eigenvalue weighted by Gasteiger charge is -2.13. The van der Waals surface area contributed by atoms with Crippen LogP contribution in [-0.2, 0) is 0 Å². The Morgan fingerprint density at radius 1 is 1.12 bits per heavy atom. The molecule has 2 amide bonds. The average Bonchev–Trinajstić information content (AvgIpc) is 3.16. The highest BCUT2D eigenvalue weighted by molar-refractivity contribution is 6.00. The number of methoxy groups -OCH3 is 2. The first kappa shape index (κ1) is 16.2. The number of amides is 2. The number of rotatable bonds is 5. The summed E-state index contributed by atoms with van der Waals surface area (Å²) in [4.78, 5) is 20.4. The van der Waals surface area contributed by atoms with Crippen LogP contribution in [0.1, 0.15) is 0 Å². The second kappa shape index (κ2) is 7.30. The van der Waals surface area contributed by atoms with Gasteiger partial charge in [0.1, 0.15) is 12.1 Å². The van der Waals surface area contributed by atoms with E-state index in [4.69, 9.17) is 9.47 Å². The van der Waals surface area contributed by atoms with E-state index in [-0.39, 0.29) is 0 Å². The van der Waals surface area contributed by atoms with Crippen LogP contribution < -0.4 is 20.1 Å². The molecule has 2 N–H and O–H groups in total. The Morgan fingerprint density at radius 2 is 2.00 bits per heavy atom. The number of urea groups is 1. The number of hydrogen-bond donors (Lipinski definition) is 2. The SMILES string of the molecule is COc1cccc(NC(=O)Nc2cc(-n3cccn3)ncn2)c1OC.